The minimum absolute atomic E-state index is 0.0715. The highest BCUT2D eigenvalue weighted by atomic mass is 16.2. The minimum atomic E-state index is 0.0715. The van der Waals surface area contributed by atoms with Gasteiger partial charge in [0.25, 0.3) is 0 Å². The summed E-state index contributed by atoms with van der Waals surface area (Å²) in [6.45, 7) is 0.0715. The molecule has 0 amide bonds. The number of aldehydes is 1. The van der Waals surface area contributed by atoms with E-state index in [1.54, 1.807) is 12.1 Å². The van der Waals surface area contributed by atoms with E-state index in [-0.39, 0.29) is 6.61 Å². The van der Waals surface area contributed by atoms with Gasteiger partial charge in [-0.25, -0.2) is 0 Å². The molecule has 3 nitrogen and oxygen atoms in total. The van der Waals surface area contributed by atoms with Gasteiger partial charge in [-0.3, -0.25) is 4.79 Å². The predicted octanol–water partition coefficient (Wildman–Crippen LogP) is 2.28. The molecule has 18 heavy (non-hydrogen) atoms. The summed E-state index contributed by atoms with van der Waals surface area (Å²) in [5, 5.41) is 8.99. The molecule has 0 bridgehead atoms. The fourth-order valence-corrected chi connectivity index (χ4v) is 1.98. The first-order chi connectivity index (χ1) is 8.76. The Morgan fingerprint density at radius 2 is 1.94 bits per heavy atom. The van der Waals surface area contributed by atoms with Crippen LogP contribution in [0.1, 0.15) is 15.9 Å². The summed E-state index contributed by atoms with van der Waals surface area (Å²) in [5.41, 5.74) is 10.1. The molecule has 2 aromatic carbocycles. The lowest BCUT2D eigenvalue weighted by molar-refractivity contribution is 0.112. The number of nitrogen functional groups attached to an aromatic ring is 1. The Kier molecular flexibility index (Phi) is 3.75. The van der Waals surface area contributed by atoms with Gasteiger partial charge in [-0.2, -0.15) is 0 Å². The number of para-hydroxylation sites is 1. The Bertz CT molecular complexity index is 564. The summed E-state index contributed by atoms with van der Waals surface area (Å²) in [6.07, 6.45) is 1.35. The maximum absolute atomic E-state index is 10.8. The first-order valence-electron chi connectivity index (χ1n) is 5.80. The molecular formula is C15H15NO2. The van der Waals surface area contributed by atoms with Crippen LogP contribution in [-0.4, -0.2) is 18.0 Å². The van der Waals surface area contributed by atoms with Gasteiger partial charge >= 0.3 is 0 Å². The lowest BCUT2D eigenvalue weighted by Gasteiger charge is -2.10. The minimum Gasteiger partial charge on any atom is -0.398 e. The Morgan fingerprint density at radius 3 is 2.67 bits per heavy atom. The number of carbonyl (C=O) groups excluding carboxylic acids is 1. The van der Waals surface area contributed by atoms with Gasteiger partial charge in [0.15, 0.2) is 0 Å². The van der Waals surface area contributed by atoms with E-state index in [1.165, 1.54) is 0 Å². The molecule has 0 saturated heterocycles. The van der Waals surface area contributed by atoms with Crippen LogP contribution in [0.5, 0.6) is 0 Å². The number of hydrogen-bond acceptors (Lipinski definition) is 3. The zero-order valence-corrected chi connectivity index (χ0v) is 9.97. The van der Waals surface area contributed by atoms with Crippen molar-refractivity contribution in [3.63, 3.8) is 0 Å². The zero-order chi connectivity index (χ0) is 13.0. The van der Waals surface area contributed by atoms with E-state index < -0.39 is 0 Å². The molecule has 0 aromatic heterocycles. The van der Waals surface area contributed by atoms with E-state index in [4.69, 9.17) is 10.8 Å². The summed E-state index contributed by atoms with van der Waals surface area (Å²) in [7, 11) is 0. The molecule has 0 heterocycles. The molecule has 0 radical (unpaired) electrons. The van der Waals surface area contributed by atoms with Crippen molar-refractivity contribution in [1.82, 2.24) is 0 Å². The van der Waals surface area contributed by atoms with Crippen molar-refractivity contribution in [2.24, 2.45) is 0 Å². The molecule has 3 heteroatoms. The number of anilines is 1. The van der Waals surface area contributed by atoms with Gasteiger partial charge in [-0.1, -0.05) is 36.4 Å². The van der Waals surface area contributed by atoms with Crippen molar-refractivity contribution in [2.45, 2.75) is 6.42 Å². The van der Waals surface area contributed by atoms with E-state index in [2.05, 4.69) is 0 Å². The van der Waals surface area contributed by atoms with Crippen LogP contribution in [0, 0.1) is 0 Å². The molecule has 2 rings (SSSR count). The monoisotopic (exact) mass is 241 g/mol. The summed E-state index contributed by atoms with van der Waals surface area (Å²) in [4.78, 5) is 10.8. The SMILES string of the molecule is Nc1c(CCO)cccc1-c1cccc(C=O)c1. The largest absolute Gasteiger partial charge is 0.398 e. The van der Waals surface area contributed by atoms with Crippen LogP contribution in [0.2, 0.25) is 0 Å². The Hall–Kier alpha value is -2.13. The van der Waals surface area contributed by atoms with E-state index in [0.29, 0.717) is 17.7 Å². The molecule has 0 saturated carbocycles. The highest BCUT2D eigenvalue weighted by molar-refractivity contribution is 5.83. The average molecular weight is 241 g/mol. The molecule has 0 unspecified atom stereocenters. The molecule has 0 aliphatic heterocycles. The number of carbonyl (C=O) groups is 1. The second-order valence-corrected chi connectivity index (χ2v) is 4.10. The van der Waals surface area contributed by atoms with Crippen molar-refractivity contribution in [3.05, 3.63) is 53.6 Å². The number of rotatable bonds is 4. The van der Waals surface area contributed by atoms with Gasteiger partial charge in [-0.15, -0.1) is 0 Å². The van der Waals surface area contributed by atoms with Gasteiger partial charge in [0.05, 0.1) is 0 Å². The highest BCUT2D eigenvalue weighted by Gasteiger charge is 2.07. The van der Waals surface area contributed by atoms with Crippen LogP contribution < -0.4 is 5.73 Å². The third kappa shape index (κ3) is 2.41. The molecule has 0 atom stereocenters. The van der Waals surface area contributed by atoms with Crippen molar-refractivity contribution < 1.29 is 9.90 Å². The molecule has 0 aliphatic carbocycles. The van der Waals surface area contributed by atoms with E-state index in [9.17, 15) is 4.79 Å². The number of benzene rings is 2. The number of hydrogen-bond donors (Lipinski definition) is 2. The summed E-state index contributed by atoms with van der Waals surface area (Å²) < 4.78 is 0. The van der Waals surface area contributed by atoms with Gasteiger partial charge in [0.2, 0.25) is 0 Å². The normalized spacial score (nSPS) is 10.3. The predicted molar refractivity (Wildman–Crippen MR) is 72.5 cm³/mol. The van der Waals surface area contributed by atoms with Gasteiger partial charge in [0.1, 0.15) is 6.29 Å². The lowest BCUT2D eigenvalue weighted by Crippen LogP contribution is -1.99. The fraction of sp³-hybridized carbons (Fsp3) is 0.133. The van der Waals surface area contributed by atoms with Crippen molar-refractivity contribution >= 4 is 12.0 Å². The zero-order valence-electron chi connectivity index (χ0n) is 9.97. The van der Waals surface area contributed by atoms with Crippen molar-refractivity contribution in [1.29, 1.82) is 0 Å². The fourth-order valence-electron chi connectivity index (χ4n) is 1.98. The Labute approximate surface area is 106 Å². The average Bonchev–Trinajstić information content (AvgIpc) is 2.41. The first-order valence-corrected chi connectivity index (χ1v) is 5.80. The Morgan fingerprint density at radius 1 is 1.17 bits per heavy atom. The van der Waals surface area contributed by atoms with E-state index in [0.717, 1.165) is 23.0 Å². The molecule has 0 spiro atoms. The molecular weight excluding hydrogens is 226 g/mol. The molecule has 2 aromatic rings. The smallest absolute Gasteiger partial charge is 0.150 e. The van der Waals surface area contributed by atoms with Crippen LogP contribution in [0.25, 0.3) is 11.1 Å². The van der Waals surface area contributed by atoms with Crippen LogP contribution in [0.3, 0.4) is 0 Å². The van der Waals surface area contributed by atoms with Crippen molar-refractivity contribution in [2.75, 3.05) is 12.3 Å². The number of aliphatic hydroxyl groups excluding tert-OH is 1. The number of aliphatic hydroxyl groups is 1. The summed E-state index contributed by atoms with van der Waals surface area (Å²) >= 11 is 0. The third-order valence-corrected chi connectivity index (χ3v) is 2.91. The summed E-state index contributed by atoms with van der Waals surface area (Å²) in [5.74, 6) is 0. The first kappa shape index (κ1) is 12.3. The quantitative estimate of drug-likeness (QED) is 0.637. The van der Waals surface area contributed by atoms with Crippen LogP contribution >= 0.6 is 0 Å². The highest BCUT2D eigenvalue weighted by Crippen LogP contribution is 2.29. The standard InChI is InChI=1S/C15H15NO2/c16-15-12(7-8-17)4-2-6-14(15)13-5-1-3-11(9-13)10-18/h1-6,9-10,17H,7-8,16H2. The van der Waals surface area contributed by atoms with Crippen LogP contribution in [0.4, 0.5) is 5.69 Å². The van der Waals surface area contributed by atoms with E-state index in [1.807, 2.05) is 30.3 Å². The van der Waals surface area contributed by atoms with Crippen molar-refractivity contribution in [3.8, 4) is 11.1 Å². The van der Waals surface area contributed by atoms with E-state index >= 15 is 0 Å². The lowest BCUT2D eigenvalue weighted by atomic mass is 9.98. The third-order valence-electron chi connectivity index (χ3n) is 2.91. The van der Waals surface area contributed by atoms with Crippen LogP contribution in [-0.2, 0) is 6.42 Å². The summed E-state index contributed by atoms with van der Waals surface area (Å²) in [6, 6.07) is 13.0. The maximum atomic E-state index is 10.8. The molecule has 0 aliphatic rings. The Balaban J connectivity index is 2.49. The topological polar surface area (TPSA) is 63.3 Å². The molecule has 92 valence electrons. The molecule has 3 N–H and O–H groups in total. The van der Waals surface area contributed by atoms with Gasteiger partial charge in [-0.05, 0) is 23.6 Å². The van der Waals surface area contributed by atoms with Gasteiger partial charge < -0.3 is 10.8 Å². The maximum Gasteiger partial charge on any atom is 0.150 e. The van der Waals surface area contributed by atoms with Crippen LogP contribution in [0.15, 0.2) is 42.5 Å². The second kappa shape index (κ2) is 5.47. The number of nitrogens with two attached hydrogens (primary N) is 1. The second-order valence-electron chi connectivity index (χ2n) is 4.10. The van der Waals surface area contributed by atoms with Gasteiger partial charge in [0, 0.05) is 23.4 Å². The molecule has 0 fully saturated rings.